The van der Waals surface area contributed by atoms with Crippen molar-refractivity contribution in [2.24, 2.45) is 17.8 Å². The van der Waals surface area contributed by atoms with E-state index in [2.05, 4.69) is 35.7 Å². The smallest absolute Gasteiger partial charge is 0.314 e. The quantitative estimate of drug-likeness (QED) is 0.487. The third kappa shape index (κ3) is 2.77. The molecule has 1 heterocycles. The van der Waals surface area contributed by atoms with E-state index < -0.39 is 0 Å². The van der Waals surface area contributed by atoms with E-state index in [4.69, 9.17) is 4.74 Å². The summed E-state index contributed by atoms with van der Waals surface area (Å²) in [6, 6.07) is 14.1. The third-order valence-corrected chi connectivity index (χ3v) is 10.4. The van der Waals surface area contributed by atoms with Gasteiger partial charge in [0.2, 0.25) is 0 Å². The van der Waals surface area contributed by atoms with Gasteiger partial charge in [0, 0.05) is 16.9 Å². The van der Waals surface area contributed by atoms with Crippen LogP contribution in [-0.4, -0.2) is 21.6 Å². The average molecular weight is 385 g/mol. The van der Waals surface area contributed by atoms with Crippen molar-refractivity contribution in [2.75, 3.05) is 11.5 Å². The second-order valence-corrected chi connectivity index (χ2v) is 10.8. The molecule has 2 nitrogen and oxygen atoms in total. The number of fused-ring (bicyclic) bond motifs is 1. The maximum absolute atomic E-state index is 13.0. The minimum Gasteiger partial charge on any atom is -0.426 e. The lowest BCUT2D eigenvalue weighted by atomic mass is 9.67. The Hall–Kier alpha value is -1.13. The summed E-state index contributed by atoms with van der Waals surface area (Å²) in [6.45, 7) is 0. The Morgan fingerprint density at radius 3 is 2.42 bits per heavy atom. The molecule has 1 aliphatic heterocycles. The SMILES string of the molecule is O=C(Oc1cccc2ccccc12)C1CC2CCCC(C1)C21SCCS1. The van der Waals surface area contributed by atoms with E-state index in [0.717, 1.165) is 23.6 Å². The van der Waals surface area contributed by atoms with E-state index in [0.29, 0.717) is 21.7 Å². The molecule has 5 rings (SSSR count). The van der Waals surface area contributed by atoms with Crippen molar-refractivity contribution in [3.63, 3.8) is 0 Å². The highest BCUT2D eigenvalue weighted by Gasteiger charge is 2.55. The first-order valence-corrected chi connectivity index (χ1v) is 11.7. The van der Waals surface area contributed by atoms with Crippen molar-refractivity contribution in [3.8, 4) is 5.75 Å². The molecule has 0 N–H and O–H groups in total. The lowest BCUT2D eigenvalue weighted by molar-refractivity contribution is -0.141. The number of hydrogen-bond donors (Lipinski definition) is 0. The Bertz CT molecular complexity index is 807. The van der Waals surface area contributed by atoms with E-state index in [1.54, 1.807) is 0 Å². The van der Waals surface area contributed by atoms with Gasteiger partial charge in [0.1, 0.15) is 5.75 Å². The van der Waals surface area contributed by atoms with Gasteiger partial charge in [0.05, 0.1) is 10.00 Å². The van der Waals surface area contributed by atoms with Gasteiger partial charge in [-0.1, -0.05) is 42.8 Å². The minimum absolute atomic E-state index is 0.0129. The van der Waals surface area contributed by atoms with Crippen molar-refractivity contribution >= 4 is 40.3 Å². The van der Waals surface area contributed by atoms with Crippen LogP contribution in [-0.2, 0) is 4.79 Å². The van der Waals surface area contributed by atoms with E-state index >= 15 is 0 Å². The van der Waals surface area contributed by atoms with Crippen molar-refractivity contribution in [1.82, 2.24) is 0 Å². The largest absolute Gasteiger partial charge is 0.426 e. The Kier molecular flexibility index (Phi) is 4.44. The molecule has 0 amide bonds. The van der Waals surface area contributed by atoms with Crippen LogP contribution >= 0.6 is 23.5 Å². The van der Waals surface area contributed by atoms with Gasteiger partial charge in [0.25, 0.3) is 0 Å². The molecule has 1 spiro atoms. The summed E-state index contributed by atoms with van der Waals surface area (Å²) >= 11 is 4.38. The van der Waals surface area contributed by atoms with Gasteiger partial charge < -0.3 is 4.74 Å². The number of thioether (sulfide) groups is 2. The van der Waals surface area contributed by atoms with Crippen LogP contribution in [0.1, 0.15) is 32.1 Å². The monoisotopic (exact) mass is 384 g/mol. The first-order valence-electron chi connectivity index (χ1n) is 9.73. The maximum atomic E-state index is 13.0. The zero-order chi connectivity index (χ0) is 17.6. The number of carbonyl (C=O) groups is 1. The van der Waals surface area contributed by atoms with Crippen LogP contribution in [0.15, 0.2) is 42.5 Å². The summed E-state index contributed by atoms with van der Waals surface area (Å²) in [6.07, 6.45) is 5.94. The number of ether oxygens (including phenoxy) is 1. The summed E-state index contributed by atoms with van der Waals surface area (Å²) in [7, 11) is 0. The molecular weight excluding hydrogens is 360 g/mol. The van der Waals surface area contributed by atoms with Crippen LogP contribution in [0, 0.1) is 17.8 Å². The second-order valence-electron chi connectivity index (χ2n) is 7.81. The average Bonchev–Trinajstić information content (AvgIpc) is 3.11. The van der Waals surface area contributed by atoms with Gasteiger partial charge in [-0.15, -0.1) is 23.5 Å². The fraction of sp³-hybridized carbons (Fsp3) is 0.500. The fourth-order valence-electron chi connectivity index (χ4n) is 5.28. The molecule has 26 heavy (non-hydrogen) atoms. The molecule has 3 fully saturated rings. The van der Waals surface area contributed by atoms with Crippen molar-refractivity contribution < 1.29 is 9.53 Å². The summed E-state index contributed by atoms with van der Waals surface area (Å²) in [4.78, 5) is 13.0. The van der Waals surface area contributed by atoms with Crippen molar-refractivity contribution in [2.45, 2.75) is 36.2 Å². The minimum atomic E-state index is -0.0129. The van der Waals surface area contributed by atoms with E-state index in [1.807, 2.05) is 30.3 Å². The Balaban J connectivity index is 1.37. The van der Waals surface area contributed by atoms with Gasteiger partial charge >= 0.3 is 5.97 Å². The fourth-order valence-corrected chi connectivity index (χ4v) is 9.22. The van der Waals surface area contributed by atoms with Crippen LogP contribution in [0.2, 0.25) is 0 Å². The number of carbonyl (C=O) groups excluding carboxylic acids is 1. The highest BCUT2D eigenvalue weighted by molar-refractivity contribution is 8.21. The topological polar surface area (TPSA) is 26.3 Å². The predicted octanol–water partition coefficient (Wildman–Crippen LogP) is 5.75. The highest BCUT2D eigenvalue weighted by atomic mass is 32.2. The number of hydrogen-bond acceptors (Lipinski definition) is 4. The second kappa shape index (κ2) is 6.79. The first-order chi connectivity index (χ1) is 12.8. The van der Waals surface area contributed by atoms with Crippen LogP contribution in [0.5, 0.6) is 5.75 Å². The predicted molar refractivity (Wildman–Crippen MR) is 111 cm³/mol. The zero-order valence-electron chi connectivity index (χ0n) is 14.9. The van der Waals surface area contributed by atoms with Crippen LogP contribution < -0.4 is 4.74 Å². The number of rotatable bonds is 2. The molecule has 2 bridgehead atoms. The third-order valence-electron chi connectivity index (χ3n) is 6.41. The van der Waals surface area contributed by atoms with Crippen molar-refractivity contribution in [1.29, 1.82) is 0 Å². The van der Waals surface area contributed by atoms with E-state index in [1.165, 1.54) is 30.8 Å². The molecule has 136 valence electrons. The highest BCUT2D eigenvalue weighted by Crippen LogP contribution is 2.64. The lowest BCUT2D eigenvalue weighted by Crippen LogP contribution is -2.48. The van der Waals surface area contributed by atoms with Gasteiger partial charge in [-0.05, 0) is 49.0 Å². The molecule has 2 aromatic rings. The maximum Gasteiger partial charge on any atom is 0.314 e. The molecule has 2 aromatic carbocycles. The standard InChI is InChI=1S/C22H24O2S2/c23-21(24-20-10-3-6-15-5-1-2-9-19(15)20)16-13-17-7-4-8-18(14-16)22(17)25-11-12-26-22/h1-3,5-6,9-10,16-18H,4,7-8,11-14H2. The van der Waals surface area contributed by atoms with Crippen LogP contribution in [0.25, 0.3) is 10.8 Å². The van der Waals surface area contributed by atoms with Gasteiger partial charge in [-0.3, -0.25) is 4.79 Å². The summed E-state index contributed by atoms with van der Waals surface area (Å²) in [5.41, 5.74) is 0. The molecule has 3 aliphatic rings. The Labute approximate surface area is 163 Å². The number of esters is 1. The van der Waals surface area contributed by atoms with Crippen LogP contribution in [0.4, 0.5) is 0 Å². The normalized spacial score (nSPS) is 29.8. The molecule has 0 radical (unpaired) electrons. The van der Waals surface area contributed by atoms with Gasteiger partial charge in [-0.25, -0.2) is 0 Å². The Morgan fingerprint density at radius 1 is 0.962 bits per heavy atom. The van der Waals surface area contributed by atoms with Gasteiger partial charge in [-0.2, -0.15) is 0 Å². The first kappa shape index (κ1) is 17.0. The molecule has 2 unspecified atom stereocenters. The number of benzene rings is 2. The molecule has 2 atom stereocenters. The molecule has 4 heteroatoms. The molecular formula is C22H24O2S2. The summed E-state index contributed by atoms with van der Waals surface area (Å²) in [5.74, 6) is 4.68. The van der Waals surface area contributed by atoms with Crippen molar-refractivity contribution in [3.05, 3.63) is 42.5 Å². The van der Waals surface area contributed by atoms with E-state index in [9.17, 15) is 4.79 Å². The van der Waals surface area contributed by atoms with E-state index in [-0.39, 0.29) is 11.9 Å². The summed E-state index contributed by atoms with van der Waals surface area (Å²) in [5, 5.41) is 2.15. The molecule has 2 saturated carbocycles. The van der Waals surface area contributed by atoms with Crippen LogP contribution in [0.3, 0.4) is 0 Å². The molecule has 2 aliphatic carbocycles. The molecule has 1 saturated heterocycles. The Morgan fingerprint density at radius 2 is 1.65 bits per heavy atom. The zero-order valence-corrected chi connectivity index (χ0v) is 16.5. The lowest BCUT2D eigenvalue weighted by Gasteiger charge is -2.51. The molecule has 0 aromatic heterocycles. The van der Waals surface area contributed by atoms with Gasteiger partial charge in [0.15, 0.2) is 0 Å². The summed E-state index contributed by atoms with van der Waals surface area (Å²) < 4.78 is 6.34.